The molecular weight excluding hydrogens is 178 g/mol. The number of nitrogens with one attached hydrogen (secondary N) is 1. The summed E-state index contributed by atoms with van der Waals surface area (Å²) in [5.41, 5.74) is 1.17. The Labute approximate surface area is 83.4 Å². The smallest absolute Gasteiger partial charge is 0.110 e. The van der Waals surface area contributed by atoms with E-state index in [9.17, 15) is 0 Å². The van der Waals surface area contributed by atoms with Gasteiger partial charge in [-0.25, -0.2) is 0 Å². The minimum absolute atomic E-state index is 0.0884. The second kappa shape index (κ2) is 2.84. The lowest BCUT2D eigenvalue weighted by Crippen LogP contribution is -2.50. The largest absolute Gasteiger partial charge is 0.469 e. The maximum atomic E-state index is 6.00. The van der Waals surface area contributed by atoms with Crippen molar-refractivity contribution in [1.29, 1.82) is 0 Å². The van der Waals surface area contributed by atoms with E-state index >= 15 is 0 Å². The summed E-state index contributed by atoms with van der Waals surface area (Å²) in [5, 5.41) is 3.48. The Balaban J connectivity index is 1.92. The van der Waals surface area contributed by atoms with Crippen molar-refractivity contribution in [1.82, 2.24) is 5.32 Å². The van der Waals surface area contributed by atoms with E-state index in [0.717, 1.165) is 31.8 Å². The van der Waals surface area contributed by atoms with Crippen LogP contribution in [0.25, 0.3) is 0 Å². The lowest BCUT2D eigenvalue weighted by Gasteiger charge is -2.37. The molecule has 14 heavy (non-hydrogen) atoms. The van der Waals surface area contributed by atoms with E-state index in [1.165, 1.54) is 5.56 Å². The quantitative estimate of drug-likeness (QED) is 0.677. The molecule has 0 radical (unpaired) electrons. The van der Waals surface area contributed by atoms with Crippen molar-refractivity contribution in [2.24, 2.45) is 0 Å². The molecule has 1 aromatic heterocycles. The average Bonchev–Trinajstić information content (AvgIpc) is 2.75. The van der Waals surface area contributed by atoms with Gasteiger partial charge in [0.25, 0.3) is 0 Å². The van der Waals surface area contributed by atoms with Gasteiger partial charge in [-0.2, -0.15) is 0 Å². The van der Waals surface area contributed by atoms with Gasteiger partial charge in [0, 0.05) is 24.6 Å². The van der Waals surface area contributed by atoms with Gasteiger partial charge in [0.05, 0.1) is 12.9 Å². The second-order valence-corrected chi connectivity index (χ2v) is 4.34. The Bertz CT molecular complexity index is 337. The van der Waals surface area contributed by atoms with Crippen molar-refractivity contribution in [2.45, 2.75) is 31.4 Å². The number of morpholine rings is 1. The number of aryl methyl sites for hydroxylation is 1. The fraction of sp³-hybridized carbons (Fsp3) is 0.636. The zero-order valence-corrected chi connectivity index (χ0v) is 8.38. The van der Waals surface area contributed by atoms with Crippen LogP contribution in [0.2, 0.25) is 0 Å². The molecule has 1 N–H and O–H groups in total. The number of rotatable bonds is 0. The fourth-order valence-corrected chi connectivity index (χ4v) is 2.46. The lowest BCUT2D eigenvalue weighted by atomic mass is 9.95. The highest BCUT2D eigenvalue weighted by molar-refractivity contribution is 5.31. The van der Waals surface area contributed by atoms with Gasteiger partial charge < -0.3 is 14.5 Å². The van der Waals surface area contributed by atoms with Crippen molar-refractivity contribution in [3.8, 4) is 0 Å². The van der Waals surface area contributed by atoms with Gasteiger partial charge in [-0.3, -0.25) is 0 Å². The Kier molecular flexibility index (Phi) is 1.73. The summed E-state index contributed by atoms with van der Waals surface area (Å²) in [6, 6.07) is 2.52. The molecule has 2 heterocycles. The van der Waals surface area contributed by atoms with Crippen molar-refractivity contribution in [3.63, 3.8) is 0 Å². The molecule has 2 unspecified atom stereocenters. The first-order valence-electron chi connectivity index (χ1n) is 5.24. The third kappa shape index (κ3) is 1.06. The SMILES string of the molecule is CC1COC2(CCc3occc32)CN1. The molecule has 2 atom stereocenters. The van der Waals surface area contributed by atoms with Gasteiger partial charge in [0.15, 0.2) is 0 Å². The molecule has 1 spiro atoms. The minimum atomic E-state index is -0.0884. The van der Waals surface area contributed by atoms with E-state index in [4.69, 9.17) is 9.15 Å². The molecule has 1 saturated heterocycles. The highest BCUT2D eigenvalue weighted by atomic mass is 16.5. The van der Waals surface area contributed by atoms with Gasteiger partial charge in [0.1, 0.15) is 11.4 Å². The lowest BCUT2D eigenvalue weighted by molar-refractivity contribution is -0.0842. The molecule has 0 saturated carbocycles. The summed E-state index contributed by atoms with van der Waals surface area (Å²) < 4.78 is 11.4. The van der Waals surface area contributed by atoms with Crippen molar-refractivity contribution >= 4 is 0 Å². The van der Waals surface area contributed by atoms with Gasteiger partial charge in [-0.15, -0.1) is 0 Å². The van der Waals surface area contributed by atoms with Crippen LogP contribution in [0, 0.1) is 0 Å². The summed E-state index contributed by atoms with van der Waals surface area (Å²) in [7, 11) is 0. The fourth-order valence-electron chi connectivity index (χ4n) is 2.46. The summed E-state index contributed by atoms with van der Waals surface area (Å²) >= 11 is 0. The molecule has 0 amide bonds. The Morgan fingerprint density at radius 2 is 2.50 bits per heavy atom. The minimum Gasteiger partial charge on any atom is -0.469 e. The molecule has 1 aliphatic heterocycles. The predicted molar refractivity (Wildman–Crippen MR) is 52.1 cm³/mol. The number of ether oxygens (including phenoxy) is 1. The maximum Gasteiger partial charge on any atom is 0.110 e. The van der Waals surface area contributed by atoms with E-state index in [1.807, 2.05) is 0 Å². The second-order valence-electron chi connectivity index (χ2n) is 4.34. The Morgan fingerprint density at radius 1 is 1.57 bits per heavy atom. The van der Waals surface area contributed by atoms with Crippen molar-refractivity contribution in [3.05, 3.63) is 23.7 Å². The molecule has 1 aromatic rings. The van der Waals surface area contributed by atoms with E-state index in [-0.39, 0.29) is 5.60 Å². The highest BCUT2D eigenvalue weighted by Crippen LogP contribution is 2.41. The zero-order valence-electron chi connectivity index (χ0n) is 8.38. The summed E-state index contributed by atoms with van der Waals surface area (Å²) in [4.78, 5) is 0. The standard InChI is InChI=1S/C11H15NO2/c1-8-6-14-11(7-12-8)4-2-10-9(11)3-5-13-10/h3,5,8,12H,2,4,6-7H2,1H3. The van der Waals surface area contributed by atoms with Crippen LogP contribution in [0.5, 0.6) is 0 Å². The molecule has 3 heteroatoms. The molecule has 1 fully saturated rings. The summed E-state index contributed by atoms with van der Waals surface area (Å²) in [5.74, 6) is 1.11. The molecule has 2 aliphatic rings. The highest BCUT2D eigenvalue weighted by Gasteiger charge is 2.43. The average molecular weight is 193 g/mol. The van der Waals surface area contributed by atoms with Gasteiger partial charge in [-0.05, 0) is 19.4 Å². The third-order valence-electron chi connectivity index (χ3n) is 3.34. The van der Waals surface area contributed by atoms with Crippen LogP contribution in [-0.2, 0) is 16.8 Å². The van der Waals surface area contributed by atoms with Crippen LogP contribution in [0.3, 0.4) is 0 Å². The number of hydrogen-bond donors (Lipinski definition) is 1. The van der Waals surface area contributed by atoms with Gasteiger partial charge in [0.2, 0.25) is 0 Å². The normalized spacial score (nSPS) is 36.2. The van der Waals surface area contributed by atoms with E-state index < -0.39 is 0 Å². The number of furan rings is 1. The monoisotopic (exact) mass is 193 g/mol. The molecular formula is C11H15NO2. The maximum absolute atomic E-state index is 6.00. The Hall–Kier alpha value is -0.800. The first-order valence-corrected chi connectivity index (χ1v) is 5.24. The molecule has 0 bridgehead atoms. The predicted octanol–water partition coefficient (Wildman–Crippen LogP) is 1.43. The van der Waals surface area contributed by atoms with E-state index in [2.05, 4.69) is 18.3 Å². The first kappa shape index (κ1) is 8.50. The number of fused-ring (bicyclic) bond motifs is 2. The third-order valence-corrected chi connectivity index (χ3v) is 3.34. The summed E-state index contributed by atoms with van der Waals surface area (Å²) in [6.07, 6.45) is 3.84. The van der Waals surface area contributed by atoms with Gasteiger partial charge in [-0.1, -0.05) is 0 Å². The molecule has 0 aromatic carbocycles. The summed E-state index contributed by atoms with van der Waals surface area (Å²) in [6.45, 7) is 3.86. The van der Waals surface area contributed by atoms with E-state index in [0.29, 0.717) is 6.04 Å². The number of hydrogen-bond acceptors (Lipinski definition) is 3. The van der Waals surface area contributed by atoms with Crippen LogP contribution < -0.4 is 5.32 Å². The van der Waals surface area contributed by atoms with Crippen LogP contribution in [0.4, 0.5) is 0 Å². The van der Waals surface area contributed by atoms with Crippen molar-refractivity contribution < 1.29 is 9.15 Å². The zero-order chi connectivity index (χ0) is 9.60. The molecule has 76 valence electrons. The first-order chi connectivity index (χ1) is 6.80. The van der Waals surface area contributed by atoms with Gasteiger partial charge >= 0.3 is 0 Å². The Morgan fingerprint density at radius 3 is 3.29 bits per heavy atom. The molecule has 3 rings (SSSR count). The van der Waals surface area contributed by atoms with Crippen LogP contribution in [0.15, 0.2) is 16.7 Å². The molecule has 1 aliphatic carbocycles. The van der Waals surface area contributed by atoms with Crippen LogP contribution in [0.1, 0.15) is 24.7 Å². The van der Waals surface area contributed by atoms with Crippen LogP contribution >= 0.6 is 0 Å². The topological polar surface area (TPSA) is 34.4 Å². The van der Waals surface area contributed by atoms with Crippen molar-refractivity contribution in [2.75, 3.05) is 13.2 Å². The van der Waals surface area contributed by atoms with Crippen LogP contribution in [-0.4, -0.2) is 19.2 Å². The van der Waals surface area contributed by atoms with E-state index in [1.54, 1.807) is 6.26 Å². The molecule has 3 nitrogen and oxygen atoms in total.